The first-order chi connectivity index (χ1) is 5.74. The van der Waals surface area contributed by atoms with E-state index < -0.39 is 5.37 Å². The first kappa shape index (κ1) is 9.07. The second-order valence-electron chi connectivity index (χ2n) is 2.41. The third-order valence-corrected chi connectivity index (χ3v) is 1.73. The monoisotopic (exact) mass is 183 g/mol. The van der Waals surface area contributed by atoms with Crippen molar-refractivity contribution in [3.05, 3.63) is 29.8 Å². The zero-order chi connectivity index (χ0) is 8.97. The summed E-state index contributed by atoms with van der Waals surface area (Å²) in [4.78, 5) is 10.5. The Morgan fingerprint density at radius 2 is 2.17 bits per heavy atom. The summed E-state index contributed by atoms with van der Waals surface area (Å²) in [5.41, 5.74) is 1.88. The van der Waals surface area contributed by atoms with Crippen LogP contribution in [0.25, 0.3) is 0 Å². The molecule has 0 radical (unpaired) electrons. The van der Waals surface area contributed by atoms with Gasteiger partial charge < -0.3 is 5.32 Å². The lowest BCUT2D eigenvalue weighted by atomic mass is 10.1. The minimum absolute atomic E-state index is 0.545. The first-order valence-electron chi connectivity index (χ1n) is 3.78. The molecule has 2 nitrogen and oxygen atoms in total. The van der Waals surface area contributed by atoms with E-state index in [-0.39, 0.29) is 0 Å². The van der Waals surface area contributed by atoms with Crippen molar-refractivity contribution in [2.75, 3.05) is 5.32 Å². The van der Waals surface area contributed by atoms with E-state index in [1.54, 1.807) is 0 Å². The van der Waals surface area contributed by atoms with Crippen molar-refractivity contribution in [3.63, 3.8) is 0 Å². The topological polar surface area (TPSA) is 29.1 Å². The van der Waals surface area contributed by atoms with Crippen molar-refractivity contribution in [3.8, 4) is 0 Å². The van der Waals surface area contributed by atoms with Gasteiger partial charge in [-0.2, -0.15) is 0 Å². The molecular formula is C9H10ClNO. The third kappa shape index (κ3) is 2.24. The number of amides is 1. The van der Waals surface area contributed by atoms with E-state index in [0.29, 0.717) is 0 Å². The Kier molecular flexibility index (Phi) is 3.11. The largest absolute Gasteiger partial charge is 0.318 e. The van der Waals surface area contributed by atoms with Gasteiger partial charge in [-0.25, -0.2) is 0 Å². The summed E-state index contributed by atoms with van der Waals surface area (Å²) in [5.74, 6) is 0. The van der Waals surface area contributed by atoms with Gasteiger partial charge >= 0.3 is 5.37 Å². The van der Waals surface area contributed by atoms with Crippen molar-refractivity contribution in [2.45, 2.75) is 13.3 Å². The number of benzene rings is 1. The van der Waals surface area contributed by atoms with Crippen LogP contribution in [-0.2, 0) is 6.42 Å². The minimum Gasteiger partial charge on any atom is -0.312 e. The maximum absolute atomic E-state index is 10.5. The van der Waals surface area contributed by atoms with Crippen LogP contribution in [0.5, 0.6) is 0 Å². The minimum atomic E-state index is -0.545. The van der Waals surface area contributed by atoms with Gasteiger partial charge in [-0.15, -0.1) is 0 Å². The lowest BCUT2D eigenvalue weighted by molar-refractivity contribution is 0.269. The molecule has 64 valence electrons. The number of para-hydroxylation sites is 1. The summed E-state index contributed by atoms with van der Waals surface area (Å²) < 4.78 is 0. The van der Waals surface area contributed by atoms with Gasteiger partial charge in [0.2, 0.25) is 0 Å². The Labute approximate surface area is 76.5 Å². The van der Waals surface area contributed by atoms with Crippen LogP contribution in [0.3, 0.4) is 0 Å². The molecule has 0 fully saturated rings. The van der Waals surface area contributed by atoms with E-state index >= 15 is 0 Å². The van der Waals surface area contributed by atoms with Gasteiger partial charge in [0.1, 0.15) is 0 Å². The molecule has 0 saturated heterocycles. The molecule has 0 spiro atoms. The lowest BCUT2D eigenvalue weighted by Crippen LogP contribution is -2.03. The first-order valence-corrected chi connectivity index (χ1v) is 4.16. The van der Waals surface area contributed by atoms with Crippen LogP contribution in [0, 0.1) is 0 Å². The summed E-state index contributed by atoms with van der Waals surface area (Å²) in [6, 6.07) is 7.59. The normalized spacial score (nSPS) is 9.50. The maximum atomic E-state index is 10.5. The molecule has 1 aromatic rings. The number of aryl methyl sites for hydroxylation is 1. The van der Waals surface area contributed by atoms with Gasteiger partial charge in [0.25, 0.3) is 0 Å². The van der Waals surface area contributed by atoms with Crippen LogP contribution in [0.4, 0.5) is 10.5 Å². The smallest absolute Gasteiger partial charge is 0.312 e. The number of rotatable bonds is 2. The number of hydrogen-bond donors (Lipinski definition) is 1. The fraction of sp³-hybridized carbons (Fsp3) is 0.222. The average molecular weight is 184 g/mol. The summed E-state index contributed by atoms with van der Waals surface area (Å²) in [6.45, 7) is 2.03. The second-order valence-corrected chi connectivity index (χ2v) is 2.75. The lowest BCUT2D eigenvalue weighted by Gasteiger charge is -2.05. The highest BCUT2D eigenvalue weighted by Gasteiger charge is 2.00. The molecule has 0 aliphatic heterocycles. The van der Waals surface area contributed by atoms with Gasteiger partial charge in [-0.3, -0.25) is 4.79 Å². The molecule has 1 aromatic carbocycles. The molecule has 1 rings (SSSR count). The highest BCUT2D eigenvalue weighted by Crippen LogP contribution is 2.15. The van der Waals surface area contributed by atoms with Crippen molar-refractivity contribution >= 4 is 22.7 Å². The maximum Gasteiger partial charge on any atom is 0.318 e. The molecule has 1 amide bonds. The van der Waals surface area contributed by atoms with Crippen LogP contribution in [0.2, 0.25) is 0 Å². The van der Waals surface area contributed by atoms with Crippen LogP contribution < -0.4 is 5.32 Å². The molecule has 0 aromatic heterocycles. The SMILES string of the molecule is CCc1ccccc1NC(=O)Cl. The van der Waals surface area contributed by atoms with Crippen molar-refractivity contribution in [1.82, 2.24) is 0 Å². The van der Waals surface area contributed by atoms with E-state index in [2.05, 4.69) is 5.32 Å². The molecular weight excluding hydrogens is 174 g/mol. The Balaban J connectivity index is 2.89. The Hall–Kier alpha value is -1.02. The summed E-state index contributed by atoms with van der Waals surface area (Å²) in [6.07, 6.45) is 0.882. The molecule has 1 N–H and O–H groups in total. The molecule has 12 heavy (non-hydrogen) atoms. The zero-order valence-electron chi connectivity index (χ0n) is 6.80. The number of halogens is 1. The average Bonchev–Trinajstić information content (AvgIpc) is 2.04. The Morgan fingerprint density at radius 3 is 2.75 bits per heavy atom. The molecule has 0 saturated carbocycles. The third-order valence-electron chi connectivity index (χ3n) is 1.63. The molecule has 3 heteroatoms. The number of anilines is 1. The Morgan fingerprint density at radius 1 is 1.50 bits per heavy atom. The standard InChI is InChI=1S/C9H10ClNO/c1-2-7-5-3-4-6-8(7)11-9(10)12/h3-6H,2H2,1H3,(H,11,12). The van der Waals surface area contributed by atoms with Gasteiger partial charge in [0.15, 0.2) is 0 Å². The molecule has 0 heterocycles. The number of nitrogens with one attached hydrogen (secondary N) is 1. The quantitative estimate of drug-likeness (QED) is 0.554. The van der Waals surface area contributed by atoms with Crippen LogP contribution in [0.15, 0.2) is 24.3 Å². The molecule has 0 unspecified atom stereocenters. The highest BCUT2D eigenvalue weighted by molar-refractivity contribution is 6.65. The predicted molar refractivity (Wildman–Crippen MR) is 50.7 cm³/mol. The van der Waals surface area contributed by atoms with Gasteiger partial charge in [0.05, 0.1) is 0 Å². The molecule has 0 aliphatic rings. The fourth-order valence-corrected chi connectivity index (χ4v) is 1.16. The number of hydrogen-bond acceptors (Lipinski definition) is 1. The van der Waals surface area contributed by atoms with Crippen molar-refractivity contribution < 1.29 is 4.79 Å². The van der Waals surface area contributed by atoms with Crippen molar-refractivity contribution in [2.24, 2.45) is 0 Å². The van der Waals surface area contributed by atoms with E-state index in [1.807, 2.05) is 31.2 Å². The Bertz CT molecular complexity index is 286. The molecule has 0 bridgehead atoms. The predicted octanol–water partition coefficient (Wildman–Crippen LogP) is 3.02. The fourth-order valence-electron chi connectivity index (χ4n) is 1.06. The van der Waals surface area contributed by atoms with E-state index in [1.165, 1.54) is 0 Å². The number of carbonyl (C=O) groups is 1. The van der Waals surface area contributed by atoms with Crippen molar-refractivity contribution in [1.29, 1.82) is 0 Å². The van der Waals surface area contributed by atoms with Gasteiger partial charge in [0, 0.05) is 5.69 Å². The highest BCUT2D eigenvalue weighted by atomic mass is 35.5. The van der Waals surface area contributed by atoms with Crippen LogP contribution in [0.1, 0.15) is 12.5 Å². The second kappa shape index (κ2) is 4.12. The van der Waals surface area contributed by atoms with Crippen LogP contribution >= 0.6 is 11.6 Å². The van der Waals surface area contributed by atoms with Gasteiger partial charge in [-0.1, -0.05) is 25.1 Å². The zero-order valence-corrected chi connectivity index (χ0v) is 7.56. The molecule has 0 aliphatic carbocycles. The van der Waals surface area contributed by atoms with E-state index in [4.69, 9.17) is 11.6 Å². The van der Waals surface area contributed by atoms with E-state index in [9.17, 15) is 4.79 Å². The van der Waals surface area contributed by atoms with Gasteiger partial charge in [-0.05, 0) is 29.7 Å². The summed E-state index contributed by atoms with van der Waals surface area (Å²) >= 11 is 5.19. The number of carbonyl (C=O) groups excluding carboxylic acids is 1. The molecule has 0 atom stereocenters. The van der Waals surface area contributed by atoms with Crippen LogP contribution in [-0.4, -0.2) is 5.37 Å². The van der Waals surface area contributed by atoms with E-state index in [0.717, 1.165) is 17.7 Å². The summed E-state index contributed by atoms with van der Waals surface area (Å²) in [7, 11) is 0. The summed E-state index contributed by atoms with van der Waals surface area (Å²) in [5, 5.41) is 2.01.